The van der Waals surface area contributed by atoms with Crippen LogP contribution < -0.4 is 0 Å². The summed E-state index contributed by atoms with van der Waals surface area (Å²) in [6.45, 7) is 3.08. The molecule has 0 bridgehead atoms. The van der Waals surface area contributed by atoms with E-state index in [9.17, 15) is 9.18 Å². The highest BCUT2D eigenvalue weighted by Gasteiger charge is 2.40. The van der Waals surface area contributed by atoms with Gasteiger partial charge in [-0.05, 0) is 20.0 Å². The van der Waals surface area contributed by atoms with Gasteiger partial charge in [0.2, 0.25) is 0 Å². The fraction of sp³-hybridized carbons (Fsp3) is 0.421. The van der Waals surface area contributed by atoms with E-state index in [0.29, 0.717) is 18.9 Å². The third kappa shape index (κ3) is 3.72. The van der Waals surface area contributed by atoms with Gasteiger partial charge < -0.3 is 4.90 Å². The second-order valence-corrected chi connectivity index (χ2v) is 8.24. The van der Waals surface area contributed by atoms with Gasteiger partial charge in [-0.2, -0.15) is 0 Å². The largest absolute Gasteiger partial charge is 0.306 e. The number of nitrogens with zero attached hydrogens (tertiary/aromatic N) is 5. The molecule has 2 aromatic heterocycles. The van der Waals surface area contributed by atoms with Crippen molar-refractivity contribution in [2.45, 2.75) is 31.9 Å². The Kier molecular flexibility index (Phi) is 4.69. The lowest BCUT2D eigenvalue weighted by Gasteiger charge is -2.33. The Morgan fingerprint density at radius 3 is 2.78 bits per heavy atom. The Hall–Kier alpha value is -2.32. The minimum atomic E-state index is -1.77. The van der Waals surface area contributed by atoms with Gasteiger partial charge in [0.25, 0.3) is 0 Å². The van der Waals surface area contributed by atoms with Gasteiger partial charge in [-0.3, -0.25) is 4.79 Å². The van der Waals surface area contributed by atoms with Crippen molar-refractivity contribution in [3.8, 4) is 10.6 Å². The fourth-order valence-electron chi connectivity index (χ4n) is 3.25. The van der Waals surface area contributed by atoms with Crippen LogP contribution in [0.3, 0.4) is 0 Å². The molecule has 1 aliphatic heterocycles. The molecule has 0 aliphatic carbocycles. The van der Waals surface area contributed by atoms with Gasteiger partial charge in [-0.1, -0.05) is 23.5 Å². The molecule has 0 N–H and O–H groups in total. The first-order chi connectivity index (χ1) is 12.9. The van der Waals surface area contributed by atoms with Crippen molar-refractivity contribution < 1.29 is 9.18 Å². The van der Waals surface area contributed by atoms with Gasteiger partial charge in [-0.15, -0.1) is 10.2 Å². The quantitative estimate of drug-likeness (QED) is 0.688. The van der Waals surface area contributed by atoms with E-state index < -0.39 is 11.5 Å². The maximum atomic E-state index is 15.0. The van der Waals surface area contributed by atoms with Crippen molar-refractivity contribution >= 4 is 28.0 Å². The molecule has 3 heterocycles. The molecule has 0 saturated carbocycles. The summed E-state index contributed by atoms with van der Waals surface area (Å²) in [6, 6.07) is 5.78. The number of likely N-dealkylation sites (tertiary alicyclic amines) is 1. The lowest BCUT2D eigenvalue weighted by Crippen LogP contribution is -2.45. The Labute approximate surface area is 160 Å². The molecule has 1 aliphatic rings. The van der Waals surface area contributed by atoms with Crippen molar-refractivity contribution in [1.29, 1.82) is 0 Å². The third-order valence-electron chi connectivity index (χ3n) is 5.00. The van der Waals surface area contributed by atoms with E-state index in [1.807, 2.05) is 37.1 Å². The number of hydrogen-bond donors (Lipinski definition) is 0. The van der Waals surface area contributed by atoms with Crippen molar-refractivity contribution in [1.82, 2.24) is 25.1 Å². The van der Waals surface area contributed by atoms with Crippen LogP contribution in [0.5, 0.6) is 0 Å². The van der Waals surface area contributed by atoms with Crippen LogP contribution in [-0.4, -0.2) is 56.7 Å². The number of rotatable bonds is 4. The van der Waals surface area contributed by atoms with Gasteiger partial charge >= 0.3 is 0 Å². The molecule has 0 amide bonds. The fourth-order valence-corrected chi connectivity index (χ4v) is 3.93. The molecular formula is C19H20FN5OS. The summed E-state index contributed by atoms with van der Waals surface area (Å²) in [5.41, 5.74) is -0.132. The van der Waals surface area contributed by atoms with Crippen LogP contribution in [0.25, 0.3) is 21.5 Å². The van der Waals surface area contributed by atoms with Crippen molar-refractivity contribution in [2.75, 3.05) is 20.1 Å². The SMILES string of the molecule is Cc1nnc(-c2ccc3cnc(CC(=O)C4(F)CCN(C)CC4)nc3c2)s1. The predicted octanol–water partition coefficient (Wildman–Crippen LogP) is 3.00. The molecule has 0 spiro atoms. The molecule has 3 aromatic rings. The van der Waals surface area contributed by atoms with Crippen molar-refractivity contribution in [3.63, 3.8) is 0 Å². The van der Waals surface area contributed by atoms with Crippen LogP contribution in [0.15, 0.2) is 24.4 Å². The van der Waals surface area contributed by atoms with E-state index in [1.165, 1.54) is 11.3 Å². The highest BCUT2D eigenvalue weighted by Crippen LogP contribution is 2.29. The number of fused-ring (bicyclic) bond motifs is 1. The standard InChI is InChI=1S/C19H20FN5OS/c1-12-23-24-18(27-12)13-3-4-14-11-21-17(22-15(14)9-13)10-16(26)19(20)5-7-25(2)8-6-19/h3-4,9,11H,5-8,10H2,1-2H3. The normalized spacial score (nSPS) is 17.3. The van der Waals surface area contributed by atoms with E-state index >= 15 is 0 Å². The van der Waals surface area contributed by atoms with Crippen molar-refractivity contribution in [2.24, 2.45) is 0 Å². The number of ketones is 1. The van der Waals surface area contributed by atoms with Gasteiger partial charge in [0, 0.05) is 43.1 Å². The highest BCUT2D eigenvalue weighted by molar-refractivity contribution is 7.14. The van der Waals surface area contributed by atoms with Crippen LogP contribution in [0.2, 0.25) is 0 Å². The Balaban J connectivity index is 1.58. The Bertz CT molecular complexity index is 997. The molecule has 1 saturated heterocycles. The zero-order valence-corrected chi connectivity index (χ0v) is 16.1. The number of benzene rings is 1. The first-order valence-electron chi connectivity index (χ1n) is 8.90. The monoisotopic (exact) mass is 385 g/mol. The van der Waals surface area contributed by atoms with E-state index in [1.54, 1.807) is 6.20 Å². The molecule has 27 heavy (non-hydrogen) atoms. The van der Waals surface area contributed by atoms with Gasteiger partial charge in [-0.25, -0.2) is 14.4 Å². The first-order valence-corrected chi connectivity index (χ1v) is 9.71. The summed E-state index contributed by atoms with van der Waals surface area (Å²) in [5.74, 6) is -0.0695. The molecule has 0 atom stereocenters. The number of alkyl halides is 1. The molecular weight excluding hydrogens is 365 g/mol. The second kappa shape index (κ2) is 7.01. The Morgan fingerprint density at radius 2 is 2.07 bits per heavy atom. The van der Waals surface area contributed by atoms with E-state index in [0.717, 1.165) is 26.5 Å². The molecule has 8 heteroatoms. The van der Waals surface area contributed by atoms with Crippen LogP contribution in [0.1, 0.15) is 23.7 Å². The van der Waals surface area contributed by atoms with E-state index in [-0.39, 0.29) is 19.3 Å². The van der Waals surface area contributed by atoms with Gasteiger partial charge in [0.15, 0.2) is 11.5 Å². The zero-order valence-electron chi connectivity index (χ0n) is 15.3. The van der Waals surface area contributed by atoms with Crippen molar-refractivity contribution in [3.05, 3.63) is 35.2 Å². The summed E-state index contributed by atoms with van der Waals surface area (Å²) in [4.78, 5) is 23.3. The van der Waals surface area contributed by atoms with Gasteiger partial charge in [0.05, 0.1) is 11.9 Å². The number of carbonyl (C=O) groups excluding carboxylic acids is 1. The number of aromatic nitrogens is 4. The minimum absolute atomic E-state index is 0.0850. The smallest absolute Gasteiger partial charge is 0.177 e. The lowest BCUT2D eigenvalue weighted by molar-refractivity contribution is -0.132. The highest BCUT2D eigenvalue weighted by atomic mass is 32.1. The minimum Gasteiger partial charge on any atom is -0.306 e. The predicted molar refractivity (Wildman–Crippen MR) is 102 cm³/mol. The molecule has 6 nitrogen and oxygen atoms in total. The summed E-state index contributed by atoms with van der Waals surface area (Å²) in [7, 11) is 1.94. The molecule has 1 aromatic carbocycles. The number of piperidine rings is 1. The van der Waals surface area contributed by atoms with Crippen LogP contribution in [0, 0.1) is 6.92 Å². The molecule has 0 radical (unpaired) electrons. The molecule has 1 fully saturated rings. The second-order valence-electron chi connectivity index (χ2n) is 7.05. The number of hydrogen-bond acceptors (Lipinski definition) is 7. The Morgan fingerprint density at radius 1 is 1.30 bits per heavy atom. The number of Topliss-reactive ketones (excluding diaryl/α,β-unsaturated/α-hetero) is 1. The summed E-state index contributed by atoms with van der Waals surface area (Å²) >= 11 is 1.51. The molecule has 4 rings (SSSR count). The average molecular weight is 385 g/mol. The van der Waals surface area contributed by atoms with E-state index in [4.69, 9.17) is 0 Å². The number of carbonyl (C=O) groups is 1. The summed E-state index contributed by atoms with van der Waals surface area (Å²) in [6.07, 6.45) is 2.06. The van der Waals surface area contributed by atoms with E-state index in [2.05, 4.69) is 20.2 Å². The summed E-state index contributed by atoms with van der Waals surface area (Å²) in [5, 5.41) is 10.8. The zero-order chi connectivity index (χ0) is 19.0. The van der Waals surface area contributed by atoms with Crippen LogP contribution in [0.4, 0.5) is 4.39 Å². The third-order valence-corrected chi connectivity index (χ3v) is 5.89. The average Bonchev–Trinajstić information content (AvgIpc) is 3.10. The van der Waals surface area contributed by atoms with Gasteiger partial charge in [0.1, 0.15) is 15.8 Å². The topological polar surface area (TPSA) is 71.9 Å². The first kappa shape index (κ1) is 18.1. The molecule has 0 unspecified atom stereocenters. The lowest BCUT2D eigenvalue weighted by atomic mass is 9.87. The number of halogens is 1. The number of aryl methyl sites for hydroxylation is 1. The maximum Gasteiger partial charge on any atom is 0.177 e. The van der Waals surface area contributed by atoms with Crippen LogP contribution in [-0.2, 0) is 11.2 Å². The summed E-state index contributed by atoms with van der Waals surface area (Å²) < 4.78 is 15.0. The maximum absolute atomic E-state index is 15.0. The molecule has 140 valence electrons. The van der Waals surface area contributed by atoms with Crippen LogP contribution >= 0.6 is 11.3 Å².